The molecule has 0 N–H and O–H groups in total. The van der Waals surface area contributed by atoms with Crippen LogP contribution < -0.4 is 0 Å². The zero-order valence-corrected chi connectivity index (χ0v) is 14.1. The van der Waals surface area contributed by atoms with Gasteiger partial charge >= 0.3 is 0 Å². The number of hydrogen-bond donors (Lipinski definition) is 0. The van der Waals surface area contributed by atoms with Crippen molar-refractivity contribution in [3.8, 4) is 6.07 Å². The summed E-state index contributed by atoms with van der Waals surface area (Å²) in [5.41, 5.74) is 1.36. The van der Waals surface area contributed by atoms with Gasteiger partial charge in [-0.3, -0.25) is 4.79 Å². The topological polar surface area (TPSA) is 92.6 Å². The zero-order valence-electron chi connectivity index (χ0n) is 14.1. The Morgan fingerprint density at radius 3 is 2.84 bits per heavy atom. The van der Waals surface area contributed by atoms with Gasteiger partial charge in [-0.15, -0.1) is 5.10 Å². The van der Waals surface area contributed by atoms with E-state index >= 15 is 0 Å². The van der Waals surface area contributed by atoms with Crippen LogP contribution in [0.3, 0.4) is 0 Å². The van der Waals surface area contributed by atoms with Gasteiger partial charge in [-0.05, 0) is 32.1 Å². The highest BCUT2D eigenvalue weighted by molar-refractivity contribution is 5.76. The Morgan fingerprint density at radius 2 is 2.08 bits per heavy atom. The summed E-state index contributed by atoms with van der Waals surface area (Å²) in [7, 11) is 0. The maximum absolute atomic E-state index is 12.4. The number of hydrogen-bond acceptors (Lipinski definition) is 5. The van der Waals surface area contributed by atoms with E-state index in [9.17, 15) is 4.79 Å². The van der Waals surface area contributed by atoms with Gasteiger partial charge in [0, 0.05) is 37.4 Å². The molecule has 0 saturated carbocycles. The number of amides is 1. The molecule has 8 heteroatoms. The Kier molecular flexibility index (Phi) is 4.22. The molecule has 25 heavy (non-hydrogen) atoms. The molecule has 4 heterocycles. The monoisotopic (exact) mass is 339 g/mol. The van der Waals surface area contributed by atoms with E-state index in [-0.39, 0.29) is 18.3 Å². The number of imidazole rings is 1. The number of nitriles is 1. The third-order valence-electron chi connectivity index (χ3n) is 5.18. The van der Waals surface area contributed by atoms with Gasteiger partial charge in [0.15, 0.2) is 0 Å². The van der Waals surface area contributed by atoms with Crippen LogP contribution in [0.25, 0.3) is 0 Å². The summed E-state index contributed by atoms with van der Waals surface area (Å²) in [6, 6.07) is 1.87. The molecule has 0 bridgehead atoms. The van der Waals surface area contributed by atoms with Crippen molar-refractivity contribution in [2.75, 3.05) is 13.1 Å². The standard InChI is InChI=1S/C17H21N7O/c18-9-15-20-12-23(21-15)11-16(25)22-7-4-13(5-8-22)17-19-10-14-3-1-2-6-24(14)17/h10,12-13H,1-8,11H2. The molecule has 0 aromatic carbocycles. The van der Waals surface area contributed by atoms with Gasteiger partial charge in [0.05, 0.1) is 0 Å². The van der Waals surface area contributed by atoms with Crippen LogP contribution in [0.1, 0.15) is 48.9 Å². The molecule has 2 aliphatic rings. The first kappa shape index (κ1) is 15.8. The summed E-state index contributed by atoms with van der Waals surface area (Å²) in [6.07, 6.45) is 8.98. The molecule has 0 spiro atoms. The van der Waals surface area contributed by atoms with E-state index in [1.807, 2.05) is 17.2 Å². The van der Waals surface area contributed by atoms with E-state index in [2.05, 4.69) is 19.6 Å². The van der Waals surface area contributed by atoms with Crippen molar-refractivity contribution in [3.05, 3.63) is 29.9 Å². The van der Waals surface area contributed by atoms with Crippen molar-refractivity contribution in [1.82, 2.24) is 29.2 Å². The lowest BCUT2D eigenvalue weighted by molar-refractivity contribution is -0.133. The molecule has 2 aromatic rings. The predicted octanol–water partition coefficient (Wildman–Crippen LogP) is 1.09. The summed E-state index contributed by atoms with van der Waals surface area (Å²) in [5.74, 6) is 1.76. The molecule has 2 aliphatic heterocycles. The smallest absolute Gasteiger partial charge is 0.252 e. The van der Waals surface area contributed by atoms with Crippen LogP contribution in [0.4, 0.5) is 0 Å². The molecule has 1 amide bonds. The molecule has 0 aliphatic carbocycles. The van der Waals surface area contributed by atoms with Crippen LogP contribution in [-0.2, 0) is 24.3 Å². The first-order valence-electron chi connectivity index (χ1n) is 8.86. The van der Waals surface area contributed by atoms with Gasteiger partial charge < -0.3 is 9.47 Å². The summed E-state index contributed by atoms with van der Waals surface area (Å²) in [4.78, 5) is 22.8. The SMILES string of the molecule is N#Cc1ncn(CC(=O)N2CCC(c3ncc4n3CCCC4)CC2)n1. The number of fused-ring (bicyclic) bond motifs is 1. The van der Waals surface area contributed by atoms with Gasteiger partial charge in [0.1, 0.15) is 24.8 Å². The first-order chi connectivity index (χ1) is 12.2. The Hall–Kier alpha value is -2.69. The van der Waals surface area contributed by atoms with Gasteiger partial charge in [0.2, 0.25) is 5.91 Å². The van der Waals surface area contributed by atoms with Crippen LogP contribution >= 0.6 is 0 Å². The summed E-state index contributed by atoms with van der Waals surface area (Å²) in [5, 5.41) is 12.7. The van der Waals surface area contributed by atoms with E-state index in [0.29, 0.717) is 5.92 Å². The molecule has 1 fully saturated rings. The van der Waals surface area contributed by atoms with Crippen LogP contribution in [0, 0.1) is 11.3 Å². The average Bonchev–Trinajstić information content (AvgIpc) is 3.28. The van der Waals surface area contributed by atoms with E-state index in [4.69, 9.17) is 5.26 Å². The minimum absolute atomic E-state index is 0.0259. The van der Waals surface area contributed by atoms with Crippen molar-refractivity contribution in [2.45, 2.75) is 51.1 Å². The molecule has 0 atom stereocenters. The number of rotatable bonds is 3. The van der Waals surface area contributed by atoms with Crippen LogP contribution in [-0.4, -0.2) is 48.2 Å². The van der Waals surface area contributed by atoms with Gasteiger partial charge in [-0.25, -0.2) is 14.6 Å². The molecule has 8 nitrogen and oxygen atoms in total. The van der Waals surface area contributed by atoms with Crippen molar-refractivity contribution in [2.24, 2.45) is 0 Å². The molecule has 2 aromatic heterocycles. The Labute approximate surface area is 146 Å². The van der Waals surface area contributed by atoms with Crippen molar-refractivity contribution in [3.63, 3.8) is 0 Å². The van der Waals surface area contributed by atoms with Crippen LogP contribution in [0.15, 0.2) is 12.5 Å². The fraction of sp³-hybridized carbons (Fsp3) is 0.588. The van der Waals surface area contributed by atoms with Crippen molar-refractivity contribution in [1.29, 1.82) is 5.26 Å². The molecule has 4 rings (SSSR count). The molecular formula is C17H21N7O. The van der Waals surface area contributed by atoms with Gasteiger partial charge in [0.25, 0.3) is 5.82 Å². The molecule has 0 unspecified atom stereocenters. The van der Waals surface area contributed by atoms with E-state index in [1.165, 1.54) is 35.4 Å². The van der Waals surface area contributed by atoms with Crippen LogP contribution in [0.2, 0.25) is 0 Å². The summed E-state index contributed by atoms with van der Waals surface area (Å²) < 4.78 is 3.82. The number of carbonyl (C=O) groups excluding carboxylic acids is 1. The number of aryl methyl sites for hydroxylation is 1. The second-order valence-electron chi connectivity index (χ2n) is 6.75. The third-order valence-corrected chi connectivity index (χ3v) is 5.18. The van der Waals surface area contributed by atoms with Gasteiger partial charge in [-0.2, -0.15) is 5.26 Å². The largest absolute Gasteiger partial charge is 0.341 e. The summed E-state index contributed by atoms with van der Waals surface area (Å²) in [6.45, 7) is 2.70. The maximum Gasteiger partial charge on any atom is 0.252 e. The molecular weight excluding hydrogens is 318 g/mol. The highest BCUT2D eigenvalue weighted by atomic mass is 16.2. The third kappa shape index (κ3) is 3.14. The van der Waals surface area contributed by atoms with E-state index < -0.39 is 0 Å². The van der Waals surface area contributed by atoms with E-state index in [0.717, 1.165) is 38.9 Å². The maximum atomic E-state index is 12.4. The lowest BCUT2D eigenvalue weighted by atomic mass is 9.95. The Bertz CT molecular complexity index is 807. The average molecular weight is 339 g/mol. The second kappa shape index (κ2) is 6.67. The number of nitrogens with zero attached hydrogens (tertiary/aromatic N) is 7. The fourth-order valence-electron chi connectivity index (χ4n) is 3.83. The number of likely N-dealkylation sites (tertiary alicyclic amines) is 1. The summed E-state index contributed by atoms with van der Waals surface area (Å²) >= 11 is 0. The number of carbonyl (C=O) groups is 1. The lowest BCUT2D eigenvalue weighted by Crippen LogP contribution is -2.40. The second-order valence-corrected chi connectivity index (χ2v) is 6.75. The molecule has 130 valence electrons. The Morgan fingerprint density at radius 1 is 1.24 bits per heavy atom. The van der Waals surface area contributed by atoms with Crippen molar-refractivity contribution < 1.29 is 4.79 Å². The molecule has 0 radical (unpaired) electrons. The number of aromatic nitrogens is 5. The number of piperidine rings is 1. The predicted molar refractivity (Wildman–Crippen MR) is 88.5 cm³/mol. The quantitative estimate of drug-likeness (QED) is 0.834. The van der Waals surface area contributed by atoms with Crippen molar-refractivity contribution >= 4 is 5.91 Å². The fourth-order valence-corrected chi connectivity index (χ4v) is 3.83. The Balaban J connectivity index is 1.36. The first-order valence-corrected chi connectivity index (χ1v) is 8.86. The van der Waals surface area contributed by atoms with E-state index in [1.54, 1.807) is 0 Å². The van der Waals surface area contributed by atoms with Gasteiger partial charge in [-0.1, -0.05) is 0 Å². The normalized spacial score (nSPS) is 18.0. The van der Waals surface area contributed by atoms with Crippen LogP contribution in [0.5, 0.6) is 0 Å². The highest BCUT2D eigenvalue weighted by Gasteiger charge is 2.28. The minimum Gasteiger partial charge on any atom is -0.341 e. The lowest BCUT2D eigenvalue weighted by Gasteiger charge is -2.32. The zero-order chi connectivity index (χ0) is 17.2. The highest BCUT2D eigenvalue weighted by Crippen LogP contribution is 2.30. The molecule has 1 saturated heterocycles. The minimum atomic E-state index is 0.0259.